The first kappa shape index (κ1) is 12.5. The molecule has 1 aromatic heterocycles. The van der Waals surface area contributed by atoms with Gasteiger partial charge in [0.25, 0.3) is 0 Å². The fraction of sp³-hybridized carbons (Fsp3) is 0.833. The van der Waals surface area contributed by atoms with Crippen LogP contribution in [-0.2, 0) is 13.0 Å². The topological polar surface area (TPSA) is 54.2 Å². The molecule has 5 heteroatoms. The first-order valence-electron chi connectivity index (χ1n) is 6.55. The van der Waals surface area contributed by atoms with E-state index in [0.29, 0.717) is 6.04 Å². The second-order valence-corrected chi connectivity index (χ2v) is 4.80. The average Bonchev–Trinajstić information content (AvgIpc) is 2.74. The Morgan fingerprint density at radius 2 is 2.41 bits per heavy atom. The van der Waals surface area contributed by atoms with E-state index in [9.17, 15) is 0 Å². The minimum atomic E-state index is 0.547. The van der Waals surface area contributed by atoms with Crippen LogP contribution in [0.5, 0.6) is 0 Å². The molecule has 96 valence electrons. The highest BCUT2D eigenvalue weighted by Crippen LogP contribution is 2.07. The molecule has 1 aliphatic rings. The maximum Gasteiger partial charge on any atom is 0.240 e. The number of rotatable bonds is 5. The molecule has 17 heavy (non-hydrogen) atoms. The van der Waals surface area contributed by atoms with Gasteiger partial charge in [0.2, 0.25) is 5.89 Å². The van der Waals surface area contributed by atoms with E-state index < -0.39 is 0 Å². The molecular formula is C12H22N4O. The van der Waals surface area contributed by atoms with E-state index in [2.05, 4.69) is 34.2 Å². The number of unbranched alkanes of at least 4 members (excludes halogenated alkanes) is 1. The molecule has 0 spiro atoms. The molecule has 0 aliphatic carbocycles. The summed E-state index contributed by atoms with van der Waals surface area (Å²) in [6, 6.07) is 0.547. The largest absolute Gasteiger partial charge is 0.338 e. The minimum Gasteiger partial charge on any atom is -0.338 e. The Labute approximate surface area is 103 Å². The Kier molecular flexibility index (Phi) is 4.50. The lowest BCUT2D eigenvalue weighted by Gasteiger charge is -2.30. The maximum absolute atomic E-state index is 5.28. The molecule has 0 amide bonds. The molecule has 1 saturated heterocycles. The SMILES string of the molecule is CCCCc1noc(CN2CCN[C@H](C)C2)n1. The molecule has 0 unspecified atom stereocenters. The summed E-state index contributed by atoms with van der Waals surface area (Å²) in [4.78, 5) is 6.79. The number of nitrogens with one attached hydrogen (secondary N) is 1. The molecular weight excluding hydrogens is 216 g/mol. The molecule has 0 radical (unpaired) electrons. The van der Waals surface area contributed by atoms with Gasteiger partial charge in [0, 0.05) is 32.1 Å². The van der Waals surface area contributed by atoms with Crippen molar-refractivity contribution < 1.29 is 4.52 Å². The number of nitrogens with zero attached hydrogens (tertiary/aromatic N) is 3. The molecule has 5 nitrogen and oxygen atoms in total. The normalized spacial score (nSPS) is 21.9. The van der Waals surface area contributed by atoms with E-state index in [1.165, 1.54) is 6.42 Å². The summed E-state index contributed by atoms with van der Waals surface area (Å²) in [6.45, 7) is 8.29. The third kappa shape index (κ3) is 3.78. The molecule has 1 aliphatic heterocycles. The van der Waals surface area contributed by atoms with Crippen LogP contribution < -0.4 is 5.32 Å². The van der Waals surface area contributed by atoms with Crippen molar-refractivity contribution in [2.24, 2.45) is 0 Å². The Morgan fingerprint density at radius 3 is 3.18 bits per heavy atom. The van der Waals surface area contributed by atoms with Gasteiger partial charge in [-0.1, -0.05) is 18.5 Å². The smallest absolute Gasteiger partial charge is 0.240 e. The summed E-state index contributed by atoms with van der Waals surface area (Å²) in [5, 5.41) is 7.43. The summed E-state index contributed by atoms with van der Waals surface area (Å²) < 4.78 is 5.28. The predicted octanol–water partition coefficient (Wildman–Crippen LogP) is 1.21. The van der Waals surface area contributed by atoms with E-state index in [-0.39, 0.29) is 0 Å². The molecule has 2 heterocycles. The van der Waals surface area contributed by atoms with Crippen LogP contribution in [0, 0.1) is 0 Å². The van der Waals surface area contributed by atoms with Crippen molar-refractivity contribution in [3.05, 3.63) is 11.7 Å². The zero-order valence-electron chi connectivity index (χ0n) is 10.8. The lowest BCUT2D eigenvalue weighted by Crippen LogP contribution is -2.48. The van der Waals surface area contributed by atoms with Crippen LogP contribution >= 0.6 is 0 Å². The van der Waals surface area contributed by atoms with E-state index in [0.717, 1.165) is 50.7 Å². The molecule has 1 fully saturated rings. The number of hydrogen-bond donors (Lipinski definition) is 1. The number of hydrogen-bond acceptors (Lipinski definition) is 5. The lowest BCUT2D eigenvalue weighted by atomic mass is 10.2. The van der Waals surface area contributed by atoms with E-state index in [4.69, 9.17) is 4.52 Å². The van der Waals surface area contributed by atoms with Gasteiger partial charge in [-0.2, -0.15) is 4.98 Å². The van der Waals surface area contributed by atoms with Crippen LogP contribution in [0.15, 0.2) is 4.52 Å². The van der Waals surface area contributed by atoms with Gasteiger partial charge in [0.1, 0.15) is 0 Å². The van der Waals surface area contributed by atoms with Crippen molar-refractivity contribution >= 4 is 0 Å². The number of aryl methyl sites for hydroxylation is 1. The predicted molar refractivity (Wildman–Crippen MR) is 65.7 cm³/mol. The second kappa shape index (κ2) is 6.12. The van der Waals surface area contributed by atoms with Gasteiger partial charge in [-0.3, -0.25) is 4.90 Å². The van der Waals surface area contributed by atoms with Gasteiger partial charge in [0.05, 0.1) is 6.54 Å². The fourth-order valence-corrected chi connectivity index (χ4v) is 2.14. The third-order valence-electron chi connectivity index (χ3n) is 3.08. The van der Waals surface area contributed by atoms with E-state index in [1.807, 2.05) is 0 Å². The van der Waals surface area contributed by atoms with Gasteiger partial charge in [-0.05, 0) is 13.3 Å². The Morgan fingerprint density at radius 1 is 1.53 bits per heavy atom. The molecule has 1 atom stereocenters. The van der Waals surface area contributed by atoms with Crippen molar-refractivity contribution in [1.29, 1.82) is 0 Å². The van der Waals surface area contributed by atoms with Crippen LogP contribution in [0.4, 0.5) is 0 Å². The highest BCUT2D eigenvalue weighted by molar-refractivity contribution is 4.88. The van der Waals surface area contributed by atoms with Crippen molar-refractivity contribution in [3.63, 3.8) is 0 Å². The van der Waals surface area contributed by atoms with Gasteiger partial charge in [-0.25, -0.2) is 0 Å². The molecule has 0 aromatic carbocycles. The van der Waals surface area contributed by atoms with Crippen molar-refractivity contribution in [3.8, 4) is 0 Å². The summed E-state index contributed by atoms with van der Waals surface area (Å²) >= 11 is 0. The van der Waals surface area contributed by atoms with Gasteiger partial charge in [-0.15, -0.1) is 0 Å². The van der Waals surface area contributed by atoms with Gasteiger partial charge >= 0.3 is 0 Å². The highest BCUT2D eigenvalue weighted by Gasteiger charge is 2.18. The van der Waals surface area contributed by atoms with Crippen LogP contribution in [-0.4, -0.2) is 40.7 Å². The van der Waals surface area contributed by atoms with Gasteiger partial charge < -0.3 is 9.84 Å². The fourth-order valence-electron chi connectivity index (χ4n) is 2.14. The number of aromatic nitrogens is 2. The first-order chi connectivity index (χ1) is 8.28. The van der Waals surface area contributed by atoms with Crippen LogP contribution in [0.1, 0.15) is 38.4 Å². The molecule has 1 aromatic rings. The standard InChI is InChI=1S/C12H22N4O/c1-3-4-5-11-14-12(17-15-11)9-16-7-6-13-10(2)8-16/h10,13H,3-9H2,1-2H3/t10-/m1/s1. The monoisotopic (exact) mass is 238 g/mol. The van der Waals surface area contributed by atoms with Crippen LogP contribution in [0.25, 0.3) is 0 Å². The lowest BCUT2D eigenvalue weighted by molar-refractivity contribution is 0.177. The third-order valence-corrected chi connectivity index (χ3v) is 3.08. The summed E-state index contributed by atoms with van der Waals surface area (Å²) in [5.74, 6) is 1.61. The summed E-state index contributed by atoms with van der Waals surface area (Å²) in [5.41, 5.74) is 0. The zero-order valence-corrected chi connectivity index (χ0v) is 10.8. The second-order valence-electron chi connectivity index (χ2n) is 4.80. The van der Waals surface area contributed by atoms with E-state index >= 15 is 0 Å². The van der Waals surface area contributed by atoms with Crippen molar-refractivity contribution in [2.45, 2.75) is 45.7 Å². The average molecular weight is 238 g/mol. The molecule has 2 rings (SSSR count). The van der Waals surface area contributed by atoms with Crippen LogP contribution in [0.2, 0.25) is 0 Å². The number of piperazine rings is 1. The quantitative estimate of drug-likeness (QED) is 0.835. The molecule has 0 saturated carbocycles. The van der Waals surface area contributed by atoms with E-state index in [1.54, 1.807) is 0 Å². The zero-order chi connectivity index (χ0) is 12.1. The summed E-state index contributed by atoms with van der Waals surface area (Å²) in [6.07, 6.45) is 3.22. The molecule has 0 bridgehead atoms. The molecule has 1 N–H and O–H groups in total. The van der Waals surface area contributed by atoms with Crippen molar-refractivity contribution in [1.82, 2.24) is 20.4 Å². The Hall–Kier alpha value is -0.940. The van der Waals surface area contributed by atoms with Crippen molar-refractivity contribution in [2.75, 3.05) is 19.6 Å². The van der Waals surface area contributed by atoms with Gasteiger partial charge in [0.15, 0.2) is 5.82 Å². The Balaban J connectivity index is 1.83. The van der Waals surface area contributed by atoms with Crippen LogP contribution in [0.3, 0.4) is 0 Å². The first-order valence-corrected chi connectivity index (χ1v) is 6.55. The Bertz CT molecular complexity index is 339. The maximum atomic E-state index is 5.28. The minimum absolute atomic E-state index is 0.547. The highest BCUT2D eigenvalue weighted by atomic mass is 16.5. The summed E-state index contributed by atoms with van der Waals surface area (Å²) in [7, 11) is 0.